The number of fused-ring (bicyclic) bond motifs is 5. The summed E-state index contributed by atoms with van der Waals surface area (Å²) in [6.07, 6.45) is -19.8. The highest BCUT2D eigenvalue weighted by molar-refractivity contribution is 5.75. The summed E-state index contributed by atoms with van der Waals surface area (Å²) in [5.41, 5.74) is -5.75. The maximum Gasteiger partial charge on any atom is 0.157 e. The van der Waals surface area contributed by atoms with Gasteiger partial charge in [0.15, 0.2) is 81.9 Å². The van der Waals surface area contributed by atoms with Gasteiger partial charge in [-0.15, -0.1) is 0 Å². The Labute approximate surface area is 589 Å². The Morgan fingerprint density at radius 1 is 0.229 bits per heavy atom. The summed E-state index contributed by atoms with van der Waals surface area (Å²) in [6.45, 7) is 0. The summed E-state index contributed by atoms with van der Waals surface area (Å²) < 4.78 is 32.4. The first-order valence-corrected chi connectivity index (χ1v) is 32.1. The van der Waals surface area contributed by atoms with Crippen molar-refractivity contribution in [3.63, 3.8) is 0 Å². The summed E-state index contributed by atoms with van der Waals surface area (Å²) in [5.74, 6) is -27.2. The predicted molar refractivity (Wildman–Crippen MR) is 356 cm³/mol. The largest absolute Gasteiger partial charge is 0.508 e. The van der Waals surface area contributed by atoms with Gasteiger partial charge in [-0.1, -0.05) is 30.3 Å². The first kappa shape index (κ1) is 67.8. The number of aliphatic hydroxyl groups is 5. The first-order chi connectivity index (χ1) is 49.9. The lowest BCUT2D eigenvalue weighted by Gasteiger charge is -2.44. The van der Waals surface area contributed by atoms with Crippen LogP contribution < -0.4 is 23.7 Å². The molecule has 15 rings (SSSR count). The van der Waals surface area contributed by atoms with E-state index < -0.39 is 268 Å². The number of phenols is 20. The van der Waals surface area contributed by atoms with Crippen molar-refractivity contribution < 1.29 is 151 Å². The van der Waals surface area contributed by atoms with E-state index in [1.807, 2.05) is 0 Å². The Morgan fingerprint density at radius 2 is 0.514 bits per heavy atom. The van der Waals surface area contributed by atoms with Crippen molar-refractivity contribution in [2.45, 2.75) is 91.1 Å². The van der Waals surface area contributed by atoms with Crippen LogP contribution in [0.15, 0.2) is 127 Å². The van der Waals surface area contributed by atoms with Gasteiger partial charge in [-0.2, -0.15) is 0 Å². The molecule has 30 nitrogen and oxygen atoms in total. The van der Waals surface area contributed by atoms with Gasteiger partial charge in [0.25, 0.3) is 0 Å². The van der Waals surface area contributed by atoms with E-state index in [1.165, 1.54) is 24.3 Å². The summed E-state index contributed by atoms with van der Waals surface area (Å²) >= 11 is 0. The van der Waals surface area contributed by atoms with E-state index in [1.54, 1.807) is 0 Å². The molecule has 30 heteroatoms. The normalized spacial score (nSPS) is 24.2. The molecule has 5 aliphatic heterocycles. The second kappa shape index (κ2) is 24.6. The molecule has 14 atom stereocenters. The fourth-order valence-electron chi connectivity index (χ4n) is 15.4. The van der Waals surface area contributed by atoms with Crippen molar-refractivity contribution in [1.29, 1.82) is 0 Å². The van der Waals surface area contributed by atoms with Gasteiger partial charge in [-0.05, 0) is 88.5 Å². The summed E-state index contributed by atoms with van der Waals surface area (Å²) in [4.78, 5) is 0. The fraction of sp³-hybridized carbons (Fsp3) is 0.200. The predicted octanol–water partition coefficient (Wildman–Crippen LogP) is 7.34. The van der Waals surface area contributed by atoms with Crippen molar-refractivity contribution >= 4 is 0 Å². The topological polar surface area (TPSA) is 552 Å². The van der Waals surface area contributed by atoms with Crippen LogP contribution in [0.25, 0.3) is 0 Å². The second-order valence-electron chi connectivity index (χ2n) is 26.3. The molecule has 0 saturated carbocycles. The number of rotatable bonds is 9. The van der Waals surface area contributed by atoms with Crippen LogP contribution in [0.3, 0.4) is 0 Å². The number of benzene rings is 10. The second-order valence-corrected chi connectivity index (χ2v) is 26.3. The zero-order chi connectivity index (χ0) is 74.7. The highest BCUT2D eigenvalue weighted by Crippen LogP contribution is 2.67. The van der Waals surface area contributed by atoms with E-state index in [0.717, 1.165) is 91.0 Å². The van der Waals surface area contributed by atoms with Crippen LogP contribution in [0.2, 0.25) is 0 Å². The molecule has 0 amide bonds. The molecule has 0 aliphatic carbocycles. The van der Waals surface area contributed by atoms with E-state index >= 15 is 0 Å². The number of ether oxygens (including phenoxy) is 5. The molecule has 0 radical (unpaired) electrons. The SMILES string of the molecule is Oc1cc(O)c2c(c1)OC(c1ccc(O)c(O)c1)C(O)C2c1c(O)cc(O)c2c1OC(c1ccc(O)c(O)c1)C(O)C2c1c(O)cc2c(c1O)C(c1c(O)cc(O)c3c1OC(c1ccc(O)c(O)c1)C(O)C3c1c(O)cc(O)c3c1OC(c1ccc(O)c(O)c1)C(O)C3)C(O)C(c1ccc(O)c(O)c1)O2. The van der Waals surface area contributed by atoms with Crippen LogP contribution in [0.1, 0.15) is 132 Å². The lowest BCUT2D eigenvalue weighted by molar-refractivity contribution is -0.00646. The molecule has 542 valence electrons. The number of aliphatic hydroxyl groups excluding tert-OH is 5. The van der Waals surface area contributed by atoms with E-state index in [4.69, 9.17) is 23.7 Å². The third-order valence-corrected chi connectivity index (χ3v) is 20.2. The van der Waals surface area contributed by atoms with E-state index in [0.29, 0.717) is 12.1 Å². The Hall–Kier alpha value is -13.0. The smallest absolute Gasteiger partial charge is 0.157 e. The monoisotopic (exact) mass is 1440 g/mol. The molecule has 0 fully saturated rings. The zero-order valence-corrected chi connectivity index (χ0v) is 53.6. The number of hydrogen-bond acceptors (Lipinski definition) is 30. The van der Waals surface area contributed by atoms with Crippen LogP contribution >= 0.6 is 0 Å². The lowest BCUT2D eigenvalue weighted by atomic mass is 9.71. The highest BCUT2D eigenvalue weighted by Gasteiger charge is 2.55. The van der Waals surface area contributed by atoms with E-state index in [9.17, 15) is 128 Å². The molecule has 0 bridgehead atoms. The third kappa shape index (κ3) is 10.7. The van der Waals surface area contributed by atoms with E-state index in [2.05, 4.69) is 0 Å². The summed E-state index contributed by atoms with van der Waals surface area (Å²) in [7, 11) is 0. The van der Waals surface area contributed by atoms with Gasteiger partial charge in [-0.3, -0.25) is 0 Å². The molecular weight excluding hydrogens is 1380 g/mol. The van der Waals surface area contributed by atoms with Crippen LogP contribution in [-0.2, 0) is 6.42 Å². The minimum atomic E-state index is -2.31. The van der Waals surface area contributed by atoms with Gasteiger partial charge in [-0.25, -0.2) is 0 Å². The fourth-order valence-corrected chi connectivity index (χ4v) is 15.4. The molecular formula is C75H62O30. The Kier molecular flexibility index (Phi) is 15.9. The molecule has 10 aromatic rings. The van der Waals surface area contributed by atoms with Gasteiger partial charge in [0.05, 0.1) is 29.8 Å². The molecule has 105 heavy (non-hydrogen) atoms. The van der Waals surface area contributed by atoms with Crippen LogP contribution in [0.4, 0.5) is 0 Å². The van der Waals surface area contributed by atoms with Crippen LogP contribution in [0.5, 0.6) is 144 Å². The van der Waals surface area contributed by atoms with Crippen LogP contribution in [-0.4, -0.2) is 158 Å². The van der Waals surface area contributed by atoms with Crippen molar-refractivity contribution in [2.24, 2.45) is 0 Å². The van der Waals surface area contributed by atoms with Crippen LogP contribution in [0, 0.1) is 0 Å². The molecule has 5 heterocycles. The average Bonchev–Trinajstić information content (AvgIpc) is 0.709. The third-order valence-electron chi connectivity index (χ3n) is 20.2. The standard InChI is InChI=1S/C75H62O30/c76-28-16-41(88)51-49(17-28)101-69(24-2-7-31(78)37(84)12-24)64(97)59(51)54-43(90)20-44(91)55-60(65(98)71(104-74(54)55)26-4-9-33(80)39(86)14-26)52-47(94)22-50-58(63(52)96)62(67(100)70(102-50)25-3-8-32(79)38(85)13-25)57-46(93)21-45(92)56-61(66(99)72(105-75(56)57)27-5-10-34(81)40(87)15-27)53-42(89)19-35(82)29-18-48(95)68(103-73(29)53)23-1-6-30(77)36(83)11-23/h1-17,19-22,48,59-62,64-72,76-100H,18H2. The maximum atomic E-state index is 13.7. The molecule has 0 spiro atoms. The van der Waals surface area contributed by atoms with Gasteiger partial charge in [0, 0.05) is 92.9 Å². The molecule has 25 N–H and O–H groups in total. The maximum absolute atomic E-state index is 13.7. The number of aromatic hydroxyl groups is 20. The first-order valence-electron chi connectivity index (χ1n) is 32.1. The Balaban J connectivity index is 0.991. The minimum Gasteiger partial charge on any atom is -0.508 e. The van der Waals surface area contributed by atoms with E-state index in [-0.39, 0.29) is 44.7 Å². The zero-order valence-electron chi connectivity index (χ0n) is 53.6. The highest BCUT2D eigenvalue weighted by atomic mass is 16.5. The molecule has 10 aromatic carbocycles. The van der Waals surface area contributed by atoms with Gasteiger partial charge in [0.1, 0.15) is 117 Å². The van der Waals surface area contributed by atoms with Crippen molar-refractivity contribution in [3.8, 4) is 144 Å². The Bertz CT molecular complexity index is 5270. The average molecular weight is 1440 g/mol. The Morgan fingerprint density at radius 3 is 0.895 bits per heavy atom. The number of phenolic OH excluding ortho intramolecular Hbond substituents is 20. The van der Waals surface area contributed by atoms with Gasteiger partial charge >= 0.3 is 0 Å². The molecule has 0 saturated heterocycles. The van der Waals surface area contributed by atoms with Crippen molar-refractivity contribution in [3.05, 3.63) is 205 Å². The summed E-state index contributed by atoms with van der Waals surface area (Å²) in [6, 6.07) is 21.0. The summed E-state index contributed by atoms with van der Waals surface area (Å²) in [5, 5.41) is 294. The molecule has 5 aliphatic rings. The lowest BCUT2D eigenvalue weighted by Crippen LogP contribution is -2.39. The molecule has 0 aromatic heterocycles. The van der Waals surface area contributed by atoms with Crippen molar-refractivity contribution in [1.82, 2.24) is 0 Å². The number of hydrogen-bond donors (Lipinski definition) is 25. The minimum absolute atomic E-state index is 0.0287. The van der Waals surface area contributed by atoms with Gasteiger partial charge < -0.3 is 151 Å². The van der Waals surface area contributed by atoms with Gasteiger partial charge in [0.2, 0.25) is 0 Å². The van der Waals surface area contributed by atoms with Crippen molar-refractivity contribution in [2.75, 3.05) is 0 Å². The molecule has 14 unspecified atom stereocenters. The quantitative estimate of drug-likeness (QED) is 0.0628.